The van der Waals surface area contributed by atoms with Gasteiger partial charge < -0.3 is 14.7 Å². The summed E-state index contributed by atoms with van der Waals surface area (Å²) in [7, 11) is 0. The van der Waals surface area contributed by atoms with Crippen molar-refractivity contribution in [2.75, 3.05) is 13.2 Å². The number of rotatable bonds is 8. The second-order valence-electron chi connectivity index (χ2n) is 4.55. The van der Waals surface area contributed by atoms with E-state index in [1.54, 1.807) is 12.1 Å². The van der Waals surface area contributed by atoms with Crippen molar-refractivity contribution in [1.82, 2.24) is 0 Å². The van der Waals surface area contributed by atoms with Crippen LogP contribution in [0.5, 0.6) is 11.5 Å². The van der Waals surface area contributed by atoms with Crippen LogP contribution in [0, 0.1) is 0 Å². The Balaban J connectivity index is 1.74. The van der Waals surface area contributed by atoms with E-state index in [0.717, 1.165) is 12.2 Å². The molecule has 0 saturated heterocycles. The Bertz CT molecular complexity index is 607. The summed E-state index contributed by atoms with van der Waals surface area (Å²) >= 11 is 0. The lowest BCUT2D eigenvalue weighted by atomic mass is 10.2. The molecular weight excluding hydrogens is 284 g/mol. The van der Waals surface area contributed by atoms with Gasteiger partial charge in [-0.05, 0) is 36.2 Å². The van der Waals surface area contributed by atoms with Gasteiger partial charge in [0.25, 0.3) is 0 Å². The maximum atomic E-state index is 11.0. The maximum absolute atomic E-state index is 11.0. The topological polar surface area (TPSA) is 65.0 Å². The van der Waals surface area contributed by atoms with Crippen LogP contribution in [0.3, 0.4) is 0 Å². The van der Waals surface area contributed by atoms with Gasteiger partial charge in [-0.2, -0.15) is 4.89 Å². The lowest BCUT2D eigenvalue weighted by Gasteiger charge is -2.09. The summed E-state index contributed by atoms with van der Waals surface area (Å²) in [5.41, 5.74) is 1.30. The summed E-state index contributed by atoms with van der Waals surface area (Å²) < 4.78 is 5.50. The highest BCUT2D eigenvalue weighted by Crippen LogP contribution is 2.18. The average Bonchev–Trinajstić information content (AvgIpc) is 2.55. The van der Waals surface area contributed by atoms with Gasteiger partial charge in [-0.15, -0.1) is 0 Å². The van der Waals surface area contributed by atoms with Crippen molar-refractivity contribution >= 4 is 5.97 Å². The molecule has 2 aromatic carbocycles. The zero-order valence-corrected chi connectivity index (χ0v) is 12.3. The quantitative estimate of drug-likeness (QED) is 0.460. The molecule has 0 spiro atoms. The molecule has 0 radical (unpaired) electrons. The molecule has 5 nitrogen and oxygen atoms in total. The third-order valence-corrected chi connectivity index (χ3v) is 3.03. The third-order valence-electron chi connectivity index (χ3n) is 3.03. The van der Waals surface area contributed by atoms with Crippen LogP contribution in [-0.4, -0.2) is 24.3 Å². The van der Waals surface area contributed by atoms with Gasteiger partial charge >= 0.3 is 5.97 Å². The van der Waals surface area contributed by atoms with Gasteiger partial charge in [0, 0.05) is 0 Å². The first-order chi connectivity index (χ1) is 10.7. The first-order valence-corrected chi connectivity index (χ1v) is 7.04. The van der Waals surface area contributed by atoms with Crippen LogP contribution >= 0.6 is 0 Å². The van der Waals surface area contributed by atoms with E-state index >= 15 is 0 Å². The van der Waals surface area contributed by atoms with E-state index in [1.165, 1.54) is 17.7 Å². The van der Waals surface area contributed by atoms with Gasteiger partial charge in [0.15, 0.2) is 5.75 Å². The molecule has 0 heterocycles. The average molecular weight is 302 g/mol. The summed E-state index contributed by atoms with van der Waals surface area (Å²) in [6, 6.07) is 14.1. The van der Waals surface area contributed by atoms with Crippen molar-refractivity contribution in [2.24, 2.45) is 0 Å². The van der Waals surface area contributed by atoms with Crippen molar-refractivity contribution in [3.8, 4) is 11.5 Å². The number of ether oxygens (including phenoxy) is 1. The Hall–Kier alpha value is -2.53. The number of para-hydroxylation sites is 1. The van der Waals surface area contributed by atoms with Gasteiger partial charge in [-0.3, -0.25) is 0 Å². The number of carboxylic acids is 1. The minimum Gasteiger partial charge on any atom is -0.491 e. The Morgan fingerprint density at radius 1 is 1.05 bits per heavy atom. The van der Waals surface area contributed by atoms with E-state index in [9.17, 15) is 4.79 Å². The predicted molar refractivity (Wildman–Crippen MR) is 81.3 cm³/mol. The summed E-state index contributed by atoms with van der Waals surface area (Å²) in [6.07, 6.45) is 0.986. The molecule has 0 unspecified atom stereocenters. The fourth-order valence-corrected chi connectivity index (χ4v) is 1.84. The Morgan fingerprint density at radius 3 is 2.45 bits per heavy atom. The van der Waals surface area contributed by atoms with Crippen molar-refractivity contribution < 1.29 is 24.4 Å². The number of aryl methyl sites for hydroxylation is 1. The zero-order chi connectivity index (χ0) is 15.8. The molecule has 0 aliphatic heterocycles. The van der Waals surface area contributed by atoms with Gasteiger partial charge in [0.05, 0.1) is 0 Å². The minimum absolute atomic E-state index is 0.0542. The lowest BCUT2D eigenvalue weighted by Crippen LogP contribution is -2.10. The van der Waals surface area contributed by atoms with Crippen LogP contribution in [0.15, 0.2) is 48.5 Å². The zero-order valence-electron chi connectivity index (χ0n) is 12.3. The highest BCUT2D eigenvalue weighted by atomic mass is 17.2. The van der Waals surface area contributed by atoms with Crippen molar-refractivity contribution in [3.05, 3.63) is 59.7 Å². The number of benzene rings is 2. The molecule has 0 aliphatic carbocycles. The molecule has 116 valence electrons. The van der Waals surface area contributed by atoms with Crippen molar-refractivity contribution in [3.63, 3.8) is 0 Å². The van der Waals surface area contributed by atoms with Crippen LogP contribution < -0.4 is 9.62 Å². The number of hydrogen-bond donors (Lipinski definition) is 1. The minimum atomic E-state index is -1.06. The third kappa shape index (κ3) is 4.49. The summed E-state index contributed by atoms with van der Waals surface area (Å²) in [6.45, 7) is 2.58. The van der Waals surface area contributed by atoms with Crippen LogP contribution in [0.2, 0.25) is 0 Å². The highest BCUT2D eigenvalue weighted by molar-refractivity contribution is 5.90. The van der Waals surface area contributed by atoms with Gasteiger partial charge in [-0.1, -0.05) is 31.2 Å². The molecule has 5 heteroatoms. The van der Waals surface area contributed by atoms with Gasteiger partial charge in [-0.25, -0.2) is 4.79 Å². The first kappa shape index (κ1) is 15.9. The van der Waals surface area contributed by atoms with E-state index in [0.29, 0.717) is 6.61 Å². The highest BCUT2D eigenvalue weighted by Gasteiger charge is 2.10. The van der Waals surface area contributed by atoms with Crippen molar-refractivity contribution in [2.45, 2.75) is 13.3 Å². The van der Waals surface area contributed by atoms with Crippen LogP contribution in [-0.2, 0) is 11.3 Å². The molecular formula is C17H18O5. The van der Waals surface area contributed by atoms with E-state index in [4.69, 9.17) is 19.6 Å². The van der Waals surface area contributed by atoms with E-state index in [2.05, 4.69) is 6.92 Å². The molecule has 2 aromatic rings. The van der Waals surface area contributed by atoms with Crippen LogP contribution in [0.4, 0.5) is 0 Å². The standard InChI is InChI=1S/C17H18O5/c1-2-13-7-9-14(10-8-13)20-11-12-21-22-16-6-4-3-5-15(16)17(18)19/h3-10H,2,11-12H2,1H3,(H,18,19). The Kier molecular flexibility index (Phi) is 5.80. The number of carbonyl (C=O) groups is 1. The molecule has 0 fully saturated rings. The number of hydrogen-bond acceptors (Lipinski definition) is 4. The van der Waals surface area contributed by atoms with E-state index in [-0.39, 0.29) is 17.9 Å². The predicted octanol–water partition coefficient (Wildman–Crippen LogP) is 3.34. The summed E-state index contributed by atoms with van der Waals surface area (Å²) in [5.74, 6) is -0.138. The first-order valence-electron chi connectivity index (χ1n) is 7.04. The van der Waals surface area contributed by atoms with Crippen LogP contribution in [0.25, 0.3) is 0 Å². The lowest BCUT2D eigenvalue weighted by molar-refractivity contribution is -0.211. The second-order valence-corrected chi connectivity index (χ2v) is 4.55. The van der Waals surface area contributed by atoms with Gasteiger partial charge in [0.1, 0.15) is 24.5 Å². The molecule has 0 aromatic heterocycles. The fraction of sp³-hybridized carbons (Fsp3) is 0.235. The molecule has 0 amide bonds. The summed E-state index contributed by atoms with van der Waals surface area (Å²) in [4.78, 5) is 21.0. The molecule has 0 saturated carbocycles. The molecule has 1 N–H and O–H groups in total. The number of aromatic carboxylic acids is 1. The van der Waals surface area contributed by atoms with Crippen molar-refractivity contribution in [1.29, 1.82) is 0 Å². The second kappa shape index (κ2) is 8.05. The van der Waals surface area contributed by atoms with Gasteiger partial charge in [0.2, 0.25) is 0 Å². The van der Waals surface area contributed by atoms with Crippen LogP contribution in [0.1, 0.15) is 22.8 Å². The summed E-state index contributed by atoms with van der Waals surface area (Å²) in [5, 5.41) is 9.00. The van der Waals surface area contributed by atoms with E-state index in [1.807, 2.05) is 24.3 Å². The monoisotopic (exact) mass is 302 g/mol. The SMILES string of the molecule is CCc1ccc(OCCOOc2ccccc2C(=O)O)cc1. The molecule has 0 atom stereocenters. The normalized spacial score (nSPS) is 10.2. The Morgan fingerprint density at radius 2 is 1.77 bits per heavy atom. The molecule has 0 aliphatic rings. The molecule has 22 heavy (non-hydrogen) atoms. The Labute approximate surface area is 129 Å². The largest absolute Gasteiger partial charge is 0.491 e. The van der Waals surface area contributed by atoms with E-state index < -0.39 is 5.97 Å². The maximum Gasteiger partial charge on any atom is 0.339 e. The molecule has 2 rings (SSSR count). The fourth-order valence-electron chi connectivity index (χ4n) is 1.84. The smallest absolute Gasteiger partial charge is 0.339 e. The molecule has 0 bridgehead atoms. The number of carboxylic acid groups (broad SMARTS) is 1.